The lowest BCUT2D eigenvalue weighted by molar-refractivity contribution is -0.139. The van der Waals surface area contributed by atoms with Crippen LogP contribution in [0.5, 0.6) is 0 Å². The summed E-state index contributed by atoms with van der Waals surface area (Å²) in [5.41, 5.74) is 1.53. The number of carbonyl (C=O) groups is 2. The van der Waals surface area contributed by atoms with Gasteiger partial charge in [-0.2, -0.15) is 0 Å². The minimum Gasteiger partial charge on any atom is -0.463 e. The number of ether oxygens (including phenoxy) is 2. The van der Waals surface area contributed by atoms with Crippen molar-refractivity contribution in [2.24, 2.45) is 5.92 Å². The summed E-state index contributed by atoms with van der Waals surface area (Å²) in [5.74, 6) is -0.233. The molecule has 5 heteroatoms. The molecule has 0 aromatic heterocycles. The van der Waals surface area contributed by atoms with Crippen LogP contribution in [0.2, 0.25) is 0 Å². The predicted octanol–water partition coefficient (Wildman–Crippen LogP) is 2.16. The fourth-order valence-electron chi connectivity index (χ4n) is 2.69. The molecule has 114 valence electrons. The van der Waals surface area contributed by atoms with Gasteiger partial charge < -0.3 is 14.4 Å². The third-order valence-corrected chi connectivity index (χ3v) is 3.88. The van der Waals surface area contributed by atoms with Crippen LogP contribution in [0.3, 0.4) is 0 Å². The zero-order chi connectivity index (χ0) is 15.6. The Morgan fingerprint density at radius 1 is 1.33 bits per heavy atom. The first kappa shape index (κ1) is 15.4. The summed E-state index contributed by atoms with van der Waals surface area (Å²) >= 11 is 0. The Balaban J connectivity index is 2.28. The van der Waals surface area contributed by atoms with Crippen molar-refractivity contribution in [3.63, 3.8) is 0 Å². The first-order valence-corrected chi connectivity index (χ1v) is 7.21. The Kier molecular flexibility index (Phi) is 4.50. The Labute approximate surface area is 124 Å². The molecule has 1 aliphatic carbocycles. The minimum absolute atomic E-state index is 0.0634. The molecular weight excluding hydrogens is 270 g/mol. The van der Waals surface area contributed by atoms with Gasteiger partial charge in [0.05, 0.1) is 18.2 Å². The molecule has 0 unspecified atom stereocenters. The highest BCUT2D eigenvalue weighted by Crippen LogP contribution is 2.38. The van der Waals surface area contributed by atoms with Gasteiger partial charge in [0.15, 0.2) is 0 Å². The Hall–Kier alpha value is -2.04. The van der Waals surface area contributed by atoms with E-state index in [1.54, 1.807) is 19.9 Å². The number of hydrogen-bond donors (Lipinski definition) is 0. The average Bonchev–Trinajstić information content (AvgIpc) is 2.70. The first-order valence-electron chi connectivity index (χ1n) is 7.21. The molecule has 1 heterocycles. The maximum absolute atomic E-state index is 12.2. The van der Waals surface area contributed by atoms with Gasteiger partial charge in [0.1, 0.15) is 5.76 Å². The monoisotopic (exact) mass is 291 g/mol. The molecule has 0 fully saturated rings. The van der Waals surface area contributed by atoms with E-state index < -0.39 is 0 Å². The molecule has 0 aromatic rings. The van der Waals surface area contributed by atoms with Gasteiger partial charge in [-0.15, -0.1) is 0 Å². The van der Waals surface area contributed by atoms with Crippen LogP contribution in [0.15, 0.2) is 35.3 Å². The number of likely N-dealkylation sites (N-methyl/N-ethyl adjacent to an activating group) is 1. The highest BCUT2D eigenvalue weighted by molar-refractivity contribution is 5.91. The molecule has 0 amide bonds. The Bertz CT molecular complexity index is 544. The quantitative estimate of drug-likeness (QED) is 0.743. The maximum Gasteiger partial charge on any atom is 0.336 e. The fraction of sp³-hybridized carbons (Fsp3) is 0.500. The van der Waals surface area contributed by atoms with Crippen LogP contribution in [0, 0.1) is 5.92 Å². The number of carbonyl (C=O) groups excluding carboxylic acids is 2. The molecule has 0 bridgehead atoms. The standard InChI is InChI=1S/C16H21NO4/c1-5-14(18)21-11-7-8-13-12(9-11)15(10(3)17(13)4)16(19)20-6-2/h7-9,12-13H,5-6H2,1-4H3/t12-,13+/m1/s1. The molecule has 2 atom stereocenters. The van der Waals surface area contributed by atoms with Crippen LogP contribution in [-0.4, -0.2) is 36.5 Å². The maximum atomic E-state index is 12.2. The highest BCUT2D eigenvalue weighted by Gasteiger charge is 2.40. The van der Waals surface area contributed by atoms with E-state index in [0.717, 1.165) is 5.70 Å². The SMILES string of the molecule is CCOC(=O)C1=C(C)N(C)[C@H]2C=CC(OC(=O)CC)=C[C@@H]12. The Morgan fingerprint density at radius 2 is 2.05 bits per heavy atom. The van der Waals surface area contributed by atoms with Crippen molar-refractivity contribution in [1.82, 2.24) is 4.90 Å². The highest BCUT2D eigenvalue weighted by atomic mass is 16.5. The molecule has 0 N–H and O–H groups in total. The zero-order valence-corrected chi connectivity index (χ0v) is 12.9. The van der Waals surface area contributed by atoms with Crippen LogP contribution >= 0.6 is 0 Å². The van der Waals surface area contributed by atoms with Crippen molar-refractivity contribution in [3.8, 4) is 0 Å². The topological polar surface area (TPSA) is 55.8 Å². The van der Waals surface area contributed by atoms with E-state index >= 15 is 0 Å². The van der Waals surface area contributed by atoms with Gasteiger partial charge in [-0.05, 0) is 26.0 Å². The average molecular weight is 291 g/mol. The molecule has 0 saturated heterocycles. The van der Waals surface area contributed by atoms with E-state index in [4.69, 9.17) is 9.47 Å². The van der Waals surface area contributed by atoms with Crippen LogP contribution in [-0.2, 0) is 19.1 Å². The molecule has 1 aliphatic heterocycles. The summed E-state index contributed by atoms with van der Waals surface area (Å²) in [6.45, 7) is 5.78. The summed E-state index contributed by atoms with van der Waals surface area (Å²) < 4.78 is 10.4. The predicted molar refractivity (Wildman–Crippen MR) is 78.0 cm³/mol. The lowest BCUT2D eigenvalue weighted by Gasteiger charge is -2.26. The van der Waals surface area contributed by atoms with Gasteiger partial charge in [0.2, 0.25) is 0 Å². The van der Waals surface area contributed by atoms with Crippen molar-refractivity contribution in [1.29, 1.82) is 0 Å². The summed E-state index contributed by atoms with van der Waals surface area (Å²) in [6.07, 6.45) is 5.89. The van der Waals surface area contributed by atoms with E-state index in [1.165, 1.54) is 0 Å². The van der Waals surface area contributed by atoms with E-state index in [2.05, 4.69) is 0 Å². The number of rotatable bonds is 4. The smallest absolute Gasteiger partial charge is 0.336 e. The van der Waals surface area contributed by atoms with Gasteiger partial charge in [0, 0.05) is 25.1 Å². The first-order chi connectivity index (χ1) is 9.99. The van der Waals surface area contributed by atoms with Gasteiger partial charge >= 0.3 is 11.9 Å². The van der Waals surface area contributed by atoms with Crippen LogP contribution < -0.4 is 0 Å². The summed E-state index contributed by atoms with van der Waals surface area (Å²) in [5, 5.41) is 0. The molecule has 2 aliphatic rings. The van der Waals surface area contributed by atoms with E-state index in [0.29, 0.717) is 24.4 Å². The van der Waals surface area contributed by atoms with Crippen LogP contribution in [0.25, 0.3) is 0 Å². The van der Waals surface area contributed by atoms with Gasteiger partial charge in [0.25, 0.3) is 0 Å². The molecule has 0 radical (unpaired) electrons. The number of hydrogen-bond acceptors (Lipinski definition) is 5. The number of allylic oxidation sites excluding steroid dienone is 2. The zero-order valence-electron chi connectivity index (χ0n) is 12.9. The number of fused-ring (bicyclic) bond motifs is 1. The second-order valence-electron chi connectivity index (χ2n) is 5.10. The van der Waals surface area contributed by atoms with Crippen molar-refractivity contribution in [2.45, 2.75) is 33.2 Å². The second kappa shape index (κ2) is 6.16. The summed E-state index contributed by atoms with van der Waals surface area (Å²) in [4.78, 5) is 25.6. The molecule has 21 heavy (non-hydrogen) atoms. The van der Waals surface area contributed by atoms with Gasteiger partial charge in [-0.25, -0.2) is 4.79 Å². The van der Waals surface area contributed by atoms with Gasteiger partial charge in [-0.3, -0.25) is 4.79 Å². The Morgan fingerprint density at radius 3 is 2.67 bits per heavy atom. The molecule has 5 nitrogen and oxygen atoms in total. The largest absolute Gasteiger partial charge is 0.463 e. The van der Waals surface area contributed by atoms with Crippen LogP contribution in [0.1, 0.15) is 27.2 Å². The third-order valence-electron chi connectivity index (χ3n) is 3.88. The third kappa shape index (κ3) is 2.86. The fourth-order valence-corrected chi connectivity index (χ4v) is 2.69. The van der Waals surface area contributed by atoms with Gasteiger partial charge in [-0.1, -0.05) is 13.0 Å². The molecule has 0 aromatic carbocycles. The van der Waals surface area contributed by atoms with E-state index in [9.17, 15) is 9.59 Å². The normalized spacial score (nSPS) is 23.8. The summed E-state index contributed by atoms with van der Waals surface area (Å²) in [6, 6.07) is 0.0634. The lowest BCUT2D eigenvalue weighted by Crippen LogP contribution is -2.30. The van der Waals surface area contributed by atoms with Crippen molar-refractivity contribution >= 4 is 11.9 Å². The molecular formula is C16H21NO4. The van der Waals surface area contributed by atoms with Crippen LogP contribution in [0.4, 0.5) is 0 Å². The summed E-state index contributed by atoms with van der Waals surface area (Å²) in [7, 11) is 1.94. The second-order valence-corrected chi connectivity index (χ2v) is 5.10. The van der Waals surface area contributed by atoms with E-state index in [1.807, 2.05) is 31.0 Å². The minimum atomic E-state index is -0.304. The van der Waals surface area contributed by atoms with Crippen molar-refractivity contribution in [3.05, 3.63) is 35.3 Å². The number of esters is 2. The van der Waals surface area contributed by atoms with E-state index in [-0.39, 0.29) is 23.9 Å². The molecule has 0 saturated carbocycles. The lowest BCUT2D eigenvalue weighted by atomic mass is 9.90. The number of nitrogens with zero attached hydrogens (tertiary/aromatic N) is 1. The van der Waals surface area contributed by atoms with Crippen molar-refractivity contribution in [2.75, 3.05) is 13.7 Å². The molecule has 2 rings (SSSR count). The van der Waals surface area contributed by atoms with Crippen molar-refractivity contribution < 1.29 is 19.1 Å². The molecule has 0 spiro atoms.